The minimum Gasteiger partial charge on any atom is -0.397 e. The molecule has 2 aromatic rings. The molecule has 0 bridgehead atoms. The van der Waals surface area contributed by atoms with Gasteiger partial charge in [0.1, 0.15) is 5.69 Å². The number of nitrogen functional groups attached to an aromatic ring is 1. The van der Waals surface area contributed by atoms with Crippen molar-refractivity contribution in [2.45, 2.75) is 20.8 Å². The van der Waals surface area contributed by atoms with E-state index in [0.717, 1.165) is 16.8 Å². The van der Waals surface area contributed by atoms with Gasteiger partial charge in [-0.25, -0.2) is 4.98 Å². The standard InChI is InChI=1S/C15H17N3O/c1-9-7-8-12(16)14(11(9)3)18-15(19)13-6-4-5-10(2)17-13/h4-8H,16H2,1-3H3,(H,18,19). The average molecular weight is 255 g/mol. The first-order valence-corrected chi connectivity index (χ1v) is 6.09. The van der Waals surface area contributed by atoms with Crippen molar-refractivity contribution in [3.8, 4) is 0 Å². The number of hydrogen-bond donors (Lipinski definition) is 2. The third-order valence-corrected chi connectivity index (χ3v) is 3.13. The highest BCUT2D eigenvalue weighted by molar-refractivity contribution is 6.05. The second-order valence-corrected chi connectivity index (χ2v) is 4.59. The van der Waals surface area contributed by atoms with Gasteiger partial charge in [-0.15, -0.1) is 0 Å². The maximum Gasteiger partial charge on any atom is 0.274 e. The number of hydrogen-bond acceptors (Lipinski definition) is 3. The SMILES string of the molecule is Cc1cccc(C(=O)Nc2c(N)ccc(C)c2C)n1. The molecule has 19 heavy (non-hydrogen) atoms. The number of carbonyl (C=O) groups is 1. The Morgan fingerprint density at radius 2 is 1.89 bits per heavy atom. The molecule has 0 unspecified atom stereocenters. The van der Waals surface area contributed by atoms with Crippen LogP contribution in [0.1, 0.15) is 27.3 Å². The van der Waals surface area contributed by atoms with Crippen molar-refractivity contribution in [1.29, 1.82) is 0 Å². The Morgan fingerprint density at radius 3 is 2.58 bits per heavy atom. The maximum absolute atomic E-state index is 12.2. The fraction of sp³-hybridized carbons (Fsp3) is 0.200. The van der Waals surface area contributed by atoms with E-state index in [4.69, 9.17) is 5.73 Å². The summed E-state index contributed by atoms with van der Waals surface area (Å²) in [4.78, 5) is 16.4. The van der Waals surface area contributed by atoms with Crippen LogP contribution in [-0.4, -0.2) is 10.9 Å². The van der Waals surface area contributed by atoms with Gasteiger partial charge >= 0.3 is 0 Å². The van der Waals surface area contributed by atoms with E-state index >= 15 is 0 Å². The van der Waals surface area contributed by atoms with Crippen molar-refractivity contribution in [3.05, 3.63) is 52.8 Å². The molecule has 98 valence electrons. The maximum atomic E-state index is 12.2. The van der Waals surface area contributed by atoms with Crippen molar-refractivity contribution in [2.24, 2.45) is 0 Å². The molecule has 0 aliphatic rings. The third-order valence-electron chi connectivity index (χ3n) is 3.13. The van der Waals surface area contributed by atoms with E-state index in [1.807, 2.05) is 39.0 Å². The first-order chi connectivity index (χ1) is 8.99. The predicted octanol–water partition coefficient (Wildman–Crippen LogP) is 2.84. The number of nitrogens with one attached hydrogen (secondary N) is 1. The number of rotatable bonds is 2. The molecule has 1 heterocycles. The number of amides is 1. The zero-order valence-electron chi connectivity index (χ0n) is 11.3. The van der Waals surface area contributed by atoms with E-state index in [2.05, 4.69) is 10.3 Å². The number of nitrogens with zero attached hydrogens (tertiary/aromatic N) is 1. The van der Waals surface area contributed by atoms with Crippen molar-refractivity contribution in [2.75, 3.05) is 11.1 Å². The normalized spacial score (nSPS) is 10.3. The molecule has 0 aliphatic heterocycles. The van der Waals surface area contributed by atoms with Crippen LogP contribution in [0.5, 0.6) is 0 Å². The number of aromatic nitrogens is 1. The van der Waals surface area contributed by atoms with Crippen molar-refractivity contribution in [3.63, 3.8) is 0 Å². The molecule has 2 rings (SSSR count). The average Bonchev–Trinajstić information content (AvgIpc) is 2.39. The summed E-state index contributed by atoms with van der Waals surface area (Å²) in [6.07, 6.45) is 0. The summed E-state index contributed by atoms with van der Waals surface area (Å²) >= 11 is 0. The number of nitrogens with two attached hydrogens (primary N) is 1. The summed E-state index contributed by atoms with van der Waals surface area (Å²) in [7, 11) is 0. The fourth-order valence-corrected chi connectivity index (χ4v) is 1.85. The molecule has 1 aromatic heterocycles. The van der Waals surface area contributed by atoms with E-state index in [1.54, 1.807) is 12.1 Å². The molecule has 3 N–H and O–H groups in total. The van der Waals surface area contributed by atoms with Crippen LogP contribution in [0.4, 0.5) is 11.4 Å². The van der Waals surface area contributed by atoms with Crippen LogP contribution in [-0.2, 0) is 0 Å². The molecule has 4 nitrogen and oxygen atoms in total. The van der Waals surface area contributed by atoms with Gasteiger partial charge in [-0.05, 0) is 50.1 Å². The van der Waals surface area contributed by atoms with Gasteiger partial charge in [0.05, 0.1) is 11.4 Å². The Labute approximate surface area is 112 Å². The van der Waals surface area contributed by atoms with Crippen molar-refractivity contribution in [1.82, 2.24) is 4.98 Å². The topological polar surface area (TPSA) is 68.0 Å². The molecule has 0 aliphatic carbocycles. The summed E-state index contributed by atoms with van der Waals surface area (Å²) in [5.41, 5.74) is 10.4. The van der Waals surface area contributed by atoms with E-state index < -0.39 is 0 Å². The largest absolute Gasteiger partial charge is 0.397 e. The lowest BCUT2D eigenvalue weighted by Gasteiger charge is -2.13. The van der Waals surface area contributed by atoms with E-state index in [1.165, 1.54) is 0 Å². The lowest BCUT2D eigenvalue weighted by molar-refractivity contribution is 0.102. The Kier molecular flexibility index (Phi) is 3.51. The number of aryl methyl sites for hydroxylation is 2. The first-order valence-electron chi connectivity index (χ1n) is 6.09. The quantitative estimate of drug-likeness (QED) is 0.811. The molecule has 1 aromatic carbocycles. The minimum atomic E-state index is -0.246. The van der Waals surface area contributed by atoms with Crippen LogP contribution in [0.15, 0.2) is 30.3 Å². The van der Waals surface area contributed by atoms with Gasteiger partial charge in [0.25, 0.3) is 5.91 Å². The fourth-order valence-electron chi connectivity index (χ4n) is 1.85. The van der Waals surface area contributed by atoms with Gasteiger partial charge in [-0.1, -0.05) is 12.1 Å². The molecule has 1 amide bonds. The van der Waals surface area contributed by atoms with Crippen LogP contribution in [0.2, 0.25) is 0 Å². The highest BCUT2D eigenvalue weighted by Gasteiger charge is 2.12. The number of anilines is 2. The number of pyridine rings is 1. The monoisotopic (exact) mass is 255 g/mol. The zero-order valence-corrected chi connectivity index (χ0v) is 11.3. The molecule has 0 fully saturated rings. The molecular formula is C15H17N3O. The minimum absolute atomic E-state index is 0.246. The van der Waals surface area contributed by atoms with Gasteiger partial charge < -0.3 is 11.1 Å². The van der Waals surface area contributed by atoms with E-state index in [-0.39, 0.29) is 5.91 Å². The van der Waals surface area contributed by atoms with Crippen molar-refractivity contribution >= 4 is 17.3 Å². The zero-order chi connectivity index (χ0) is 14.0. The second kappa shape index (κ2) is 5.10. The number of benzene rings is 1. The number of carbonyl (C=O) groups excluding carboxylic acids is 1. The van der Waals surface area contributed by atoms with Crippen LogP contribution in [0.25, 0.3) is 0 Å². The van der Waals surface area contributed by atoms with Gasteiger partial charge in [0, 0.05) is 5.69 Å². The van der Waals surface area contributed by atoms with Crippen LogP contribution in [0.3, 0.4) is 0 Å². The molecule has 0 saturated carbocycles. The van der Waals surface area contributed by atoms with Gasteiger partial charge in [-0.3, -0.25) is 4.79 Å². The van der Waals surface area contributed by atoms with Crippen molar-refractivity contribution < 1.29 is 4.79 Å². The predicted molar refractivity (Wildman–Crippen MR) is 77.3 cm³/mol. The van der Waals surface area contributed by atoms with Crippen LogP contribution in [0, 0.1) is 20.8 Å². The lowest BCUT2D eigenvalue weighted by Crippen LogP contribution is -2.16. The Balaban J connectivity index is 2.32. The molecule has 0 radical (unpaired) electrons. The van der Waals surface area contributed by atoms with Gasteiger partial charge in [0.2, 0.25) is 0 Å². The smallest absolute Gasteiger partial charge is 0.274 e. The Bertz CT molecular complexity index is 635. The highest BCUT2D eigenvalue weighted by atomic mass is 16.1. The second-order valence-electron chi connectivity index (χ2n) is 4.59. The molecule has 0 atom stereocenters. The Morgan fingerprint density at radius 1 is 1.16 bits per heavy atom. The van der Waals surface area contributed by atoms with Gasteiger partial charge in [-0.2, -0.15) is 0 Å². The highest BCUT2D eigenvalue weighted by Crippen LogP contribution is 2.26. The Hall–Kier alpha value is -2.36. The first kappa shape index (κ1) is 13.1. The summed E-state index contributed by atoms with van der Waals surface area (Å²) < 4.78 is 0. The molecule has 0 spiro atoms. The summed E-state index contributed by atoms with van der Waals surface area (Å²) in [5, 5.41) is 2.84. The van der Waals surface area contributed by atoms with Gasteiger partial charge in [0.15, 0.2) is 0 Å². The molecular weight excluding hydrogens is 238 g/mol. The lowest BCUT2D eigenvalue weighted by atomic mass is 10.1. The summed E-state index contributed by atoms with van der Waals surface area (Å²) in [6, 6.07) is 9.07. The molecule has 0 saturated heterocycles. The van der Waals surface area contributed by atoms with E-state index in [0.29, 0.717) is 17.1 Å². The summed E-state index contributed by atoms with van der Waals surface area (Å²) in [6.45, 7) is 5.77. The van der Waals surface area contributed by atoms with E-state index in [9.17, 15) is 4.79 Å². The third kappa shape index (κ3) is 2.73. The van der Waals surface area contributed by atoms with Crippen LogP contribution < -0.4 is 11.1 Å². The summed E-state index contributed by atoms with van der Waals surface area (Å²) in [5.74, 6) is -0.246. The van der Waals surface area contributed by atoms with Crippen LogP contribution >= 0.6 is 0 Å². The molecule has 4 heteroatoms.